The average molecular weight is 326 g/mol. The number of halogens is 1. The van der Waals surface area contributed by atoms with Crippen LogP contribution in [0.5, 0.6) is 0 Å². The van der Waals surface area contributed by atoms with E-state index in [0.717, 1.165) is 32.1 Å². The summed E-state index contributed by atoms with van der Waals surface area (Å²) in [7, 11) is -3.53. The van der Waals surface area contributed by atoms with Crippen LogP contribution in [0.4, 0.5) is 4.39 Å². The van der Waals surface area contributed by atoms with Gasteiger partial charge < -0.3 is 5.11 Å². The highest BCUT2D eigenvalue weighted by Gasteiger charge is 2.33. The molecule has 1 aliphatic carbocycles. The van der Waals surface area contributed by atoms with E-state index in [0.29, 0.717) is 6.42 Å². The maximum atomic E-state index is 13.0. The molecule has 0 bridgehead atoms. The quantitative estimate of drug-likeness (QED) is 0.643. The largest absolute Gasteiger partial charge is 0.396 e. The highest BCUT2D eigenvalue weighted by atomic mass is 32.2. The molecule has 0 aromatic heterocycles. The van der Waals surface area contributed by atoms with Gasteiger partial charge in [-0.05, 0) is 49.4 Å². The summed E-state index contributed by atoms with van der Waals surface area (Å²) in [5.74, 6) is -0.345. The van der Waals surface area contributed by atoms with Gasteiger partial charge in [-0.15, -0.1) is 0 Å². The molecule has 0 amide bonds. The summed E-state index contributed by atoms with van der Waals surface area (Å²) in [5.41, 5.74) is 0. The number of hydrogen-bond acceptors (Lipinski definition) is 3. The van der Waals surface area contributed by atoms with Crippen LogP contribution in [0.3, 0.4) is 0 Å². The molecule has 0 aliphatic heterocycles. The number of hydrogen-bond donors (Lipinski definition) is 1. The third-order valence-electron chi connectivity index (χ3n) is 4.24. The first-order valence-corrected chi connectivity index (χ1v) is 9.37. The first kappa shape index (κ1) is 17.2. The van der Waals surface area contributed by atoms with Crippen molar-refractivity contribution in [2.45, 2.75) is 48.7 Å². The number of sulfone groups is 1. The molecule has 0 radical (unpaired) electrons. The van der Waals surface area contributed by atoms with Crippen molar-refractivity contribution in [1.82, 2.24) is 0 Å². The van der Waals surface area contributed by atoms with Crippen LogP contribution in [0.15, 0.2) is 41.3 Å². The van der Waals surface area contributed by atoms with Crippen LogP contribution in [-0.2, 0) is 9.84 Å². The second kappa shape index (κ2) is 7.88. The molecule has 22 heavy (non-hydrogen) atoms. The lowest BCUT2D eigenvalue weighted by molar-refractivity contribution is 0.302. The highest BCUT2D eigenvalue weighted by molar-refractivity contribution is 7.92. The van der Waals surface area contributed by atoms with Crippen molar-refractivity contribution in [2.24, 2.45) is 5.92 Å². The normalized spacial score (nSPS) is 18.6. The molecule has 1 unspecified atom stereocenters. The lowest BCUT2D eigenvalue weighted by Gasteiger charge is -2.28. The van der Waals surface area contributed by atoms with Crippen molar-refractivity contribution in [3.05, 3.63) is 42.2 Å². The zero-order valence-corrected chi connectivity index (χ0v) is 13.4. The Balaban J connectivity index is 2.31. The molecule has 0 saturated heterocycles. The van der Waals surface area contributed by atoms with Crippen molar-refractivity contribution in [3.8, 4) is 0 Å². The van der Waals surface area contributed by atoms with Gasteiger partial charge in [-0.2, -0.15) is 0 Å². The van der Waals surface area contributed by atoms with E-state index in [4.69, 9.17) is 5.11 Å². The Morgan fingerprint density at radius 2 is 1.82 bits per heavy atom. The standard InChI is InChI=1S/C17H23FO3S/c18-15-9-11-16(12-10-15)22(20,21)17(8-4-5-13-19)14-6-2-1-3-7-14/h4,8-12,14,17,19H,1-3,5-7,13H2/b8-4-. The Morgan fingerprint density at radius 3 is 2.41 bits per heavy atom. The van der Waals surface area contributed by atoms with Crippen molar-refractivity contribution in [1.29, 1.82) is 0 Å². The second-order valence-corrected chi connectivity index (χ2v) is 7.91. The Labute approximate surface area is 131 Å². The average Bonchev–Trinajstić information content (AvgIpc) is 2.52. The highest BCUT2D eigenvalue weighted by Crippen LogP contribution is 2.33. The van der Waals surface area contributed by atoms with Gasteiger partial charge >= 0.3 is 0 Å². The second-order valence-electron chi connectivity index (χ2n) is 5.80. The van der Waals surface area contributed by atoms with E-state index in [-0.39, 0.29) is 17.4 Å². The van der Waals surface area contributed by atoms with Crippen LogP contribution in [-0.4, -0.2) is 25.4 Å². The molecule has 0 heterocycles. The van der Waals surface area contributed by atoms with Gasteiger partial charge in [0, 0.05) is 6.61 Å². The third-order valence-corrected chi connectivity index (χ3v) is 6.42. The summed E-state index contributed by atoms with van der Waals surface area (Å²) in [6, 6.07) is 5.03. The van der Waals surface area contributed by atoms with Gasteiger partial charge in [0.05, 0.1) is 10.1 Å². The fourth-order valence-corrected chi connectivity index (χ4v) is 4.99. The molecule has 1 saturated carbocycles. The number of benzene rings is 1. The van der Waals surface area contributed by atoms with Gasteiger partial charge in [0.15, 0.2) is 9.84 Å². The van der Waals surface area contributed by atoms with Gasteiger partial charge in [0.25, 0.3) is 0 Å². The monoisotopic (exact) mass is 326 g/mol. The summed E-state index contributed by atoms with van der Waals surface area (Å²) in [6.07, 6.45) is 8.94. The van der Waals surface area contributed by atoms with Gasteiger partial charge in [-0.3, -0.25) is 0 Å². The van der Waals surface area contributed by atoms with Gasteiger partial charge in [-0.1, -0.05) is 31.4 Å². The van der Waals surface area contributed by atoms with Crippen LogP contribution >= 0.6 is 0 Å². The molecule has 3 nitrogen and oxygen atoms in total. The molecular weight excluding hydrogens is 303 g/mol. The first-order valence-electron chi connectivity index (χ1n) is 7.82. The van der Waals surface area contributed by atoms with E-state index in [2.05, 4.69) is 0 Å². The molecule has 2 rings (SSSR count). The molecule has 1 atom stereocenters. The smallest absolute Gasteiger partial charge is 0.185 e. The van der Waals surface area contributed by atoms with Crippen molar-refractivity contribution in [2.75, 3.05) is 6.61 Å². The minimum Gasteiger partial charge on any atom is -0.396 e. The summed E-state index contributed by atoms with van der Waals surface area (Å²) in [6.45, 7) is 0.00445. The number of aliphatic hydroxyl groups excluding tert-OH is 1. The fraction of sp³-hybridized carbons (Fsp3) is 0.529. The fourth-order valence-electron chi connectivity index (χ4n) is 3.06. The predicted molar refractivity (Wildman–Crippen MR) is 84.8 cm³/mol. The molecule has 5 heteroatoms. The van der Waals surface area contributed by atoms with E-state index in [1.54, 1.807) is 12.2 Å². The van der Waals surface area contributed by atoms with Crippen LogP contribution < -0.4 is 0 Å². The van der Waals surface area contributed by atoms with E-state index >= 15 is 0 Å². The van der Waals surface area contributed by atoms with Gasteiger partial charge in [0.1, 0.15) is 5.82 Å². The van der Waals surface area contributed by atoms with Crippen LogP contribution in [0.2, 0.25) is 0 Å². The molecule has 1 aromatic rings. The SMILES string of the molecule is O=S(=O)(c1ccc(F)cc1)C(/C=C\CCO)C1CCCCC1. The molecule has 1 fully saturated rings. The number of rotatable bonds is 6. The van der Waals surface area contributed by atoms with Gasteiger partial charge in [-0.25, -0.2) is 12.8 Å². The number of aliphatic hydroxyl groups is 1. The van der Waals surface area contributed by atoms with Crippen LogP contribution in [0, 0.1) is 11.7 Å². The lowest BCUT2D eigenvalue weighted by Crippen LogP contribution is -2.30. The van der Waals surface area contributed by atoms with Crippen molar-refractivity contribution < 1.29 is 17.9 Å². The van der Waals surface area contributed by atoms with E-state index < -0.39 is 20.9 Å². The lowest BCUT2D eigenvalue weighted by atomic mass is 9.86. The molecule has 1 aromatic carbocycles. The van der Waals surface area contributed by atoms with Crippen molar-refractivity contribution in [3.63, 3.8) is 0 Å². The van der Waals surface area contributed by atoms with E-state index in [9.17, 15) is 12.8 Å². The maximum Gasteiger partial charge on any atom is 0.185 e. The molecular formula is C17H23FO3S. The third kappa shape index (κ3) is 4.17. The Hall–Kier alpha value is -1.20. The zero-order chi connectivity index (χ0) is 16.0. The summed E-state index contributed by atoms with van der Waals surface area (Å²) in [4.78, 5) is 0.165. The summed E-state index contributed by atoms with van der Waals surface area (Å²) in [5, 5.41) is 8.30. The summed E-state index contributed by atoms with van der Waals surface area (Å²) < 4.78 is 38.8. The zero-order valence-electron chi connectivity index (χ0n) is 12.6. The van der Waals surface area contributed by atoms with Crippen LogP contribution in [0.25, 0.3) is 0 Å². The molecule has 122 valence electrons. The van der Waals surface area contributed by atoms with E-state index in [1.807, 2.05) is 0 Å². The molecule has 1 aliphatic rings. The predicted octanol–water partition coefficient (Wildman–Crippen LogP) is 3.49. The summed E-state index contributed by atoms with van der Waals surface area (Å²) >= 11 is 0. The Morgan fingerprint density at radius 1 is 1.18 bits per heavy atom. The van der Waals surface area contributed by atoms with Crippen molar-refractivity contribution >= 4 is 9.84 Å². The minimum absolute atomic E-state index is 0.00445. The van der Waals surface area contributed by atoms with E-state index in [1.165, 1.54) is 24.3 Å². The first-order chi connectivity index (χ1) is 10.6. The maximum absolute atomic E-state index is 13.0. The minimum atomic E-state index is -3.53. The Kier molecular flexibility index (Phi) is 6.15. The Bertz CT molecular complexity index is 587. The topological polar surface area (TPSA) is 54.4 Å². The van der Waals surface area contributed by atoms with Crippen LogP contribution in [0.1, 0.15) is 38.5 Å². The molecule has 0 spiro atoms. The van der Waals surface area contributed by atoms with Gasteiger partial charge in [0.2, 0.25) is 0 Å². The molecule has 1 N–H and O–H groups in total.